The number of nitrogens with one attached hydrogen (secondary N) is 2. The van der Waals surface area contributed by atoms with E-state index in [9.17, 15) is 4.79 Å². The minimum atomic E-state index is -0.556. The summed E-state index contributed by atoms with van der Waals surface area (Å²) in [6, 6.07) is 0.299. The first kappa shape index (κ1) is 14.8. The summed E-state index contributed by atoms with van der Waals surface area (Å²) in [6.45, 7) is 0. The number of rotatable bonds is 4. The van der Waals surface area contributed by atoms with Crippen molar-refractivity contribution in [2.24, 2.45) is 0 Å². The normalized spacial score (nSPS) is 28.4. The van der Waals surface area contributed by atoms with Gasteiger partial charge in [0.1, 0.15) is 5.41 Å². The van der Waals surface area contributed by atoms with Crippen LogP contribution in [0.3, 0.4) is 0 Å². The van der Waals surface area contributed by atoms with E-state index in [1.165, 1.54) is 12.8 Å². The standard InChI is InChI=1S/C14H23N5OS/c1-21-11-6-4-5-10(9-11)15-13(20)14(7-2-3-8-14)12-16-18-19-17-12/h10-11H,2-9H2,1H3,(H,15,20)(H,16,17,18,19). The number of hydrogen-bond donors (Lipinski definition) is 2. The number of amides is 1. The lowest BCUT2D eigenvalue weighted by Gasteiger charge is -2.32. The molecule has 0 spiro atoms. The molecule has 2 saturated carbocycles. The van der Waals surface area contributed by atoms with Crippen LogP contribution in [0, 0.1) is 0 Å². The summed E-state index contributed by atoms with van der Waals surface area (Å²) in [5.41, 5.74) is -0.556. The SMILES string of the molecule is CSC1CCCC(NC(=O)C2(c3nn[nH]n3)CCCC2)C1. The molecule has 7 heteroatoms. The zero-order chi connectivity index (χ0) is 14.7. The van der Waals surface area contributed by atoms with Crippen molar-refractivity contribution in [3.05, 3.63) is 5.82 Å². The summed E-state index contributed by atoms with van der Waals surface area (Å²) >= 11 is 1.91. The quantitative estimate of drug-likeness (QED) is 0.886. The van der Waals surface area contributed by atoms with Crippen LogP contribution < -0.4 is 5.32 Å². The third kappa shape index (κ3) is 2.93. The van der Waals surface area contributed by atoms with Crippen molar-refractivity contribution < 1.29 is 4.79 Å². The fourth-order valence-electron chi connectivity index (χ4n) is 3.71. The van der Waals surface area contributed by atoms with E-state index in [-0.39, 0.29) is 5.91 Å². The summed E-state index contributed by atoms with van der Waals surface area (Å²) in [5.74, 6) is 0.669. The molecular formula is C14H23N5OS. The molecule has 0 radical (unpaired) electrons. The van der Waals surface area contributed by atoms with Crippen LogP contribution in [0.2, 0.25) is 0 Å². The Morgan fingerprint density at radius 2 is 2.14 bits per heavy atom. The van der Waals surface area contributed by atoms with E-state index in [0.717, 1.165) is 38.5 Å². The maximum absolute atomic E-state index is 12.9. The highest BCUT2D eigenvalue weighted by Crippen LogP contribution is 2.40. The Labute approximate surface area is 129 Å². The zero-order valence-corrected chi connectivity index (χ0v) is 13.3. The first-order valence-electron chi connectivity index (χ1n) is 7.82. The fraction of sp³-hybridized carbons (Fsp3) is 0.857. The molecule has 2 unspecified atom stereocenters. The Hall–Kier alpha value is -1.11. The highest BCUT2D eigenvalue weighted by atomic mass is 32.2. The first-order chi connectivity index (χ1) is 10.2. The highest BCUT2D eigenvalue weighted by Gasteiger charge is 2.47. The van der Waals surface area contributed by atoms with E-state index in [1.807, 2.05) is 11.8 Å². The number of carbonyl (C=O) groups is 1. The monoisotopic (exact) mass is 309 g/mol. The molecule has 2 aliphatic carbocycles. The average molecular weight is 309 g/mol. The molecule has 2 atom stereocenters. The van der Waals surface area contributed by atoms with E-state index in [2.05, 4.69) is 32.2 Å². The van der Waals surface area contributed by atoms with Crippen molar-refractivity contribution in [1.82, 2.24) is 25.9 Å². The van der Waals surface area contributed by atoms with Crippen molar-refractivity contribution in [2.45, 2.75) is 68.1 Å². The number of carbonyl (C=O) groups excluding carboxylic acids is 1. The summed E-state index contributed by atoms with van der Waals surface area (Å²) < 4.78 is 0. The maximum atomic E-state index is 12.9. The largest absolute Gasteiger partial charge is 0.352 e. The predicted molar refractivity (Wildman–Crippen MR) is 82.0 cm³/mol. The van der Waals surface area contributed by atoms with Gasteiger partial charge in [-0.15, -0.1) is 10.2 Å². The number of nitrogens with zero attached hydrogens (tertiary/aromatic N) is 3. The Bertz CT molecular complexity index is 472. The molecule has 0 aliphatic heterocycles. The molecule has 1 amide bonds. The van der Waals surface area contributed by atoms with Gasteiger partial charge in [-0.25, -0.2) is 0 Å². The number of hydrogen-bond acceptors (Lipinski definition) is 5. The molecule has 21 heavy (non-hydrogen) atoms. The molecule has 116 valence electrons. The van der Waals surface area contributed by atoms with E-state index in [0.29, 0.717) is 17.1 Å². The summed E-state index contributed by atoms with van der Waals surface area (Å²) in [4.78, 5) is 12.9. The number of aromatic amines is 1. The molecule has 2 N–H and O–H groups in total. The Balaban J connectivity index is 1.71. The van der Waals surface area contributed by atoms with Gasteiger partial charge in [0, 0.05) is 11.3 Å². The molecule has 0 aromatic carbocycles. The lowest BCUT2D eigenvalue weighted by atomic mass is 9.83. The smallest absolute Gasteiger partial charge is 0.234 e. The number of H-pyrrole nitrogens is 1. The Morgan fingerprint density at radius 3 is 2.81 bits per heavy atom. The highest BCUT2D eigenvalue weighted by molar-refractivity contribution is 7.99. The number of tetrazole rings is 1. The van der Waals surface area contributed by atoms with Crippen LogP contribution in [0.5, 0.6) is 0 Å². The Kier molecular flexibility index (Phi) is 4.47. The Morgan fingerprint density at radius 1 is 1.33 bits per heavy atom. The van der Waals surface area contributed by atoms with Crippen LogP contribution in [0.15, 0.2) is 0 Å². The molecule has 1 aromatic rings. The van der Waals surface area contributed by atoms with Gasteiger partial charge in [0.25, 0.3) is 0 Å². The van der Waals surface area contributed by atoms with E-state index in [4.69, 9.17) is 0 Å². The second-order valence-corrected chi connectivity index (χ2v) is 7.36. The van der Waals surface area contributed by atoms with Crippen molar-refractivity contribution >= 4 is 17.7 Å². The molecule has 2 aliphatic rings. The topological polar surface area (TPSA) is 83.6 Å². The number of aromatic nitrogens is 4. The van der Waals surface area contributed by atoms with Gasteiger partial charge in [0.15, 0.2) is 5.82 Å². The van der Waals surface area contributed by atoms with Crippen LogP contribution in [0.25, 0.3) is 0 Å². The molecule has 0 bridgehead atoms. The minimum Gasteiger partial charge on any atom is -0.352 e. The molecule has 3 rings (SSSR count). The third-order valence-electron chi connectivity index (χ3n) is 4.96. The van der Waals surface area contributed by atoms with Crippen LogP contribution in [0.4, 0.5) is 0 Å². The lowest BCUT2D eigenvalue weighted by molar-refractivity contribution is -0.127. The van der Waals surface area contributed by atoms with Crippen molar-refractivity contribution in [2.75, 3.05) is 6.26 Å². The lowest BCUT2D eigenvalue weighted by Crippen LogP contribution is -2.49. The molecule has 1 aromatic heterocycles. The number of thioether (sulfide) groups is 1. The maximum Gasteiger partial charge on any atom is 0.234 e. The fourth-order valence-corrected chi connectivity index (χ4v) is 4.54. The first-order valence-corrected chi connectivity index (χ1v) is 9.11. The summed E-state index contributed by atoms with van der Waals surface area (Å²) in [7, 11) is 0. The molecule has 2 fully saturated rings. The van der Waals surface area contributed by atoms with Crippen molar-refractivity contribution in [3.63, 3.8) is 0 Å². The van der Waals surface area contributed by atoms with E-state index < -0.39 is 5.41 Å². The van der Waals surface area contributed by atoms with Gasteiger partial charge in [-0.3, -0.25) is 4.79 Å². The predicted octanol–water partition coefficient (Wildman–Crippen LogP) is 1.80. The molecule has 0 saturated heterocycles. The minimum absolute atomic E-state index is 0.105. The van der Waals surface area contributed by atoms with Crippen LogP contribution >= 0.6 is 11.8 Å². The zero-order valence-electron chi connectivity index (χ0n) is 12.5. The van der Waals surface area contributed by atoms with Gasteiger partial charge < -0.3 is 5.32 Å². The molecular weight excluding hydrogens is 286 g/mol. The second kappa shape index (κ2) is 6.34. The molecule has 6 nitrogen and oxygen atoms in total. The van der Waals surface area contributed by atoms with Gasteiger partial charge in [-0.2, -0.15) is 17.0 Å². The third-order valence-corrected chi connectivity index (χ3v) is 6.05. The van der Waals surface area contributed by atoms with Crippen molar-refractivity contribution in [1.29, 1.82) is 0 Å². The van der Waals surface area contributed by atoms with E-state index >= 15 is 0 Å². The second-order valence-electron chi connectivity index (χ2n) is 6.22. The van der Waals surface area contributed by atoms with Crippen LogP contribution in [-0.4, -0.2) is 44.1 Å². The average Bonchev–Trinajstić information content (AvgIpc) is 3.19. The van der Waals surface area contributed by atoms with Gasteiger partial charge in [0.05, 0.1) is 0 Å². The van der Waals surface area contributed by atoms with Crippen LogP contribution in [0.1, 0.15) is 57.2 Å². The van der Waals surface area contributed by atoms with Gasteiger partial charge in [-0.1, -0.05) is 24.5 Å². The van der Waals surface area contributed by atoms with Gasteiger partial charge >= 0.3 is 0 Å². The van der Waals surface area contributed by atoms with Crippen molar-refractivity contribution in [3.8, 4) is 0 Å². The van der Waals surface area contributed by atoms with Crippen LogP contribution in [-0.2, 0) is 10.2 Å². The van der Waals surface area contributed by atoms with Gasteiger partial charge in [-0.05, 0) is 38.4 Å². The molecule has 1 heterocycles. The summed E-state index contributed by atoms with van der Waals surface area (Å²) in [5, 5.41) is 18.3. The van der Waals surface area contributed by atoms with E-state index in [1.54, 1.807) is 0 Å². The van der Waals surface area contributed by atoms with Gasteiger partial charge in [0.2, 0.25) is 5.91 Å². The summed E-state index contributed by atoms with van der Waals surface area (Å²) in [6.07, 6.45) is 10.6.